The van der Waals surface area contributed by atoms with Crippen molar-refractivity contribution in [2.75, 3.05) is 17.6 Å². The molecule has 1 aromatic heterocycles. The summed E-state index contributed by atoms with van der Waals surface area (Å²) in [5, 5.41) is 10.5. The maximum absolute atomic E-state index is 12.8. The Bertz CT molecular complexity index is 723. The van der Waals surface area contributed by atoms with Crippen molar-refractivity contribution < 1.29 is 17.2 Å². The van der Waals surface area contributed by atoms with Crippen LogP contribution in [-0.4, -0.2) is 30.9 Å². The SMILES string of the molecule is O=S(=O)(CCNc1nnc(C2CC2)o1)c1ccc(F)cc1. The molecule has 8 heteroatoms. The third kappa shape index (κ3) is 3.38. The second-order valence-electron chi connectivity index (χ2n) is 4.92. The zero-order chi connectivity index (χ0) is 14.9. The smallest absolute Gasteiger partial charge is 0.315 e. The minimum Gasteiger partial charge on any atom is -0.408 e. The highest BCUT2D eigenvalue weighted by Gasteiger charge is 2.29. The van der Waals surface area contributed by atoms with Gasteiger partial charge in [-0.05, 0) is 37.1 Å². The van der Waals surface area contributed by atoms with Gasteiger partial charge in [0.05, 0.1) is 10.6 Å². The first-order valence-corrected chi connectivity index (χ1v) is 8.25. The maximum atomic E-state index is 12.8. The first-order valence-electron chi connectivity index (χ1n) is 6.60. The van der Waals surface area contributed by atoms with E-state index < -0.39 is 15.7 Å². The molecule has 0 radical (unpaired) electrons. The number of hydrogen-bond acceptors (Lipinski definition) is 6. The highest BCUT2D eigenvalue weighted by atomic mass is 32.2. The van der Waals surface area contributed by atoms with Gasteiger partial charge in [0.25, 0.3) is 0 Å². The molecule has 0 unspecified atom stereocenters. The molecule has 0 bridgehead atoms. The maximum Gasteiger partial charge on any atom is 0.315 e. The van der Waals surface area contributed by atoms with Crippen LogP contribution in [0.25, 0.3) is 0 Å². The van der Waals surface area contributed by atoms with E-state index in [9.17, 15) is 12.8 Å². The zero-order valence-electron chi connectivity index (χ0n) is 11.1. The summed E-state index contributed by atoms with van der Waals surface area (Å²) in [6.07, 6.45) is 2.11. The summed E-state index contributed by atoms with van der Waals surface area (Å²) in [6, 6.07) is 4.98. The molecule has 1 saturated carbocycles. The molecule has 0 spiro atoms. The monoisotopic (exact) mass is 311 g/mol. The Hall–Kier alpha value is -1.96. The Morgan fingerprint density at radius 2 is 1.95 bits per heavy atom. The number of sulfone groups is 1. The van der Waals surface area contributed by atoms with Crippen LogP contribution in [0.15, 0.2) is 33.6 Å². The van der Waals surface area contributed by atoms with Crippen LogP contribution < -0.4 is 5.32 Å². The third-order valence-corrected chi connectivity index (χ3v) is 4.92. The average Bonchev–Trinajstić information content (AvgIpc) is 3.19. The average molecular weight is 311 g/mol. The van der Waals surface area contributed by atoms with Gasteiger partial charge in [0.1, 0.15) is 5.82 Å². The Labute approximate surface area is 121 Å². The van der Waals surface area contributed by atoms with Crippen molar-refractivity contribution in [3.63, 3.8) is 0 Å². The summed E-state index contributed by atoms with van der Waals surface area (Å²) in [4.78, 5) is 0.0925. The largest absolute Gasteiger partial charge is 0.408 e. The Morgan fingerprint density at radius 3 is 2.62 bits per heavy atom. The topological polar surface area (TPSA) is 85.1 Å². The number of nitrogens with one attached hydrogen (secondary N) is 1. The van der Waals surface area contributed by atoms with Gasteiger partial charge in [-0.3, -0.25) is 0 Å². The van der Waals surface area contributed by atoms with Gasteiger partial charge in [0, 0.05) is 12.5 Å². The molecule has 6 nitrogen and oxygen atoms in total. The standard InChI is InChI=1S/C13H14FN3O3S/c14-10-3-5-11(6-4-10)21(18,19)8-7-15-13-17-16-12(20-13)9-1-2-9/h3-6,9H,1-2,7-8H2,(H,15,17). The molecule has 0 atom stereocenters. The van der Waals surface area contributed by atoms with E-state index in [2.05, 4.69) is 15.5 Å². The second-order valence-corrected chi connectivity index (χ2v) is 7.03. The molecule has 1 fully saturated rings. The fourth-order valence-electron chi connectivity index (χ4n) is 1.85. The molecule has 1 heterocycles. The molecule has 0 aliphatic heterocycles. The Kier molecular flexibility index (Phi) is 3.62. The molecule has 1 aliphatic carbocycles. The highest BCUT2D eigenvalue weighted by Crippen LogP contribution is 2.39. The second kappa shape index (κ2) is 5.44. The number of rotatable bonds is 6. The van der Waals surface area contributed by atoms with Crippen molar-refractivity contribution in [2.24, 2.45) is 0 Å². The first-order chi connectivity index (χ1) is 10.0. The lowest BCUT2D eigenvalue weighted by Crippen LogP contribution is -2.16. The molecule has 2 aromatic rings. The van der Waals surface area contributed by atoms with E-state index in [0.29, 0.717) is 11.8 Å². The summed E-state index contributed by atoms with van der Waals surface area (Å²) in [5.74, 6) is 0.347. The number of nitrogens with zero attached hydrogens (tertiary/aromatic N) is 2. The molecule has 0 saturated heterocycles. The summed E-state index contributed by atoms with van der Waals surface area (Å²) in [5.41, 5.74) is 0. The van der Waals surface area contributed by atoms with Gasteiger partial charge in [-0.15, -0.1) is 5.10 Å². The zero-order valence-corrected chi connectivity index (χ0v) is 11.9. The van der Waals surface area contributed by atoms with E-state index in [-0.39, 0.29) is 23.2 Å². The van der Waals surface area contributed by atoms with Gasteiger partial charge in [-0.2, -0.15) is 0 Å². The number of aromatic nitrogens is 2. The van der Waals surface area contributed by atoms with Gasteiger partial charge in [-0.1, -0.05) is 5.10 Å². The Balaban J connectivity index is 1.57. The third-order valence-electron chi connectivity index (χ3n) is 3.19. The lowest BCUT2D eigenvalue weighted by Gasteiger charge is -2.04. The molecule has 1 N–H and O–H groups in total. The van der Waals surface area contributed by atoms with Gasteiger partial charge >= 0.3 is 6.01 Å². The normalized spacial score (nSPS) is 15.1. The molecule has 0 amide bonds. The van der Waals surface area contributed by atoms with Crippen LogP contribution in [0, 0.1) is 5.82 Å². The van der Waals surface area contributed by atoms with Crippen LogP contribution >= 0.6 is 0 Å². The van der Waals surface area contributed by atoms with E-state index in [1.807, 2.05) is 0 Å². The molecular weight excluding hydrogens is 297 g/mol. The van der Waals surface area contributed by atoms with Gasteiger partial charge < -0.3 is 9.73 Å². The van der Waals surface area contributed by atoms with E-state index >= 15 is 0 Å². The molecule has 3 rings (SSSR count). The molecule has 21 heavy (non-hydrogen) atoms. The van der Waals surface area contributed by atoms with Crippen molar-refractivity contribution in [1.29, 1.82) is 0 Å². The predicted molar refractivity (Wildman–Crippen MR) is 73.2 cm³/mol. The van der Waals surface area contributed by atoms with Crippen LogP contribution in [0.4, 0.5) is 10.4 Å². The first kappa shape index (κ1) is 14.0. The fraction of sp³-hybridized carbons (Fsp3) is 0.385. The van der Waals surface area contributed by atoms with E-state index in [4.69, 9.17) is 4.42 Å². The quantitative estimate of drug-likeness (QED) is 0.821. The predicted octanol–water partition coefficient (Wildman–Crippen LogP) is 1.97. The summed E-state index contributed by atoms with van der Waals surface area (Å²) in [7, 11) is -3.46. The summed E-state index contributed by atoms with van der Waals surface area (Å²) in [6.45, 7) is 0.145. The lowest BCUT2D eigenvalue weighted by molar-refractivity contribution is 0.508. The van der Waals surface area contributed by atoms with Crippen molar-refractivity contribution in [3.8, 4) is 0 Å². The van der Waals surface area contributed by atoms with E-state index in [0.717, 1.165) is 25.0 Å². The van der Waals surface area contributed by atoms with Gasteiger partial charge in [0.2, 0.25) is 5.89 Å². The molecule has 112 valence electrons. The summed E-state index contributed by atoms with van der Waals surface area (Å²) < 4.78 is 42.2. The number of halogens is 1. The molecule has 1 aliphatic rings. The van der Waals surface area contributed by atoms with Crippen molar-refractivity contribution in [1.82, 2.24) is 10.2 Å². The number of anilines is 1. The van der Waals surface area contributed by atoms with Gasteiger partial charge in [0.15, 0.2) is 9.84 Å². The van der Waals surface area contributed by atoms with Crippen LogP contribution in [0.1, 0.15) is 24.7 Å². The number of benzene rings is 1. The van der Waals surface area contributed by atoms with Crippen LogP contribution in [0.2, 0.25) is 0 Å². The van der Waals surface area contributed by atoms with E-state index in [1.54, 1.807) is 0 Å². The number of hydrogen-bond donors (Lipinski definition) is 1. The minimum absolute atomic E-state index is 0.0925. The fourth-order valence-corrected chi connectivity index (χ4v) is 3.01. The minimum atomic E-state index is -3.46. The molecule has 1 aromatic carbocycles. The lowest BCUT2D eigenvalue weighted by atomic mass is 10.4. The van der Waals surface area contributed by atoms with Crippen molar-refractivity contribution in [2.45, 2.75) is 23.7 Å². The van der Waals surface area contributed by atoms with Crippen LogP contribution in [-0.2, 0) is 9.84 Å². The van der Waals surface area contributed by atoms with E-state index in [1.165, 1.54) is 12.1 Å². The van der Waals surface area contributed by atoms with Crippen molar-refractivity contribution in [3.05, 3.63) is 36.0 Å². The van der Waals surface area contributed by atoms with Crippen molar-refractivity contribution >= 4 is 15.9 Å². The Morgan fingerprint density at radius 1 is 1.24 bits per heavy atom. The molecular formula is C13H14FN3O3S. The summed E-state index contributed by atoms with van der Waals surface area (Å²) >= 11 is 0. The highest BCUT2D eigenvalue weighted by molar-refractivity contribution is 7.91. The van der Waals surface area contributed by atoms with Crippen LogP contribution in [0.3, 0.4) is 0 Å². The van der Waals surface area contributed by atoms with Gasteiger partial charge in [-0.25, -0.2) is 12.8 Å². The van der Waals surface area contributed by atoms with Crippen LogP contribution in [0.5, 0.6) is 0 Å².